The molecule has 2 rings (SSSR count). The highest BCUT2D eigenvalue weighted by molar-refractivity contribution is 5.99. The van der Waals surface area contributed by atoms with Gasteiger partial charge in [0.1, 0.15) is 17.2 Å². The molecule has 1 aromatic heterocycles. The van der Waals surface area contributed by atoms with Gasteiger partial charge in [0, 0.05) is 12.7 Å². The summed E-state index contributed by atoms with van der Waals surface area (Å²) in [5.41, 5.74) is -0.361. The molecule has 0 saturated heterocycles. The van der Waals surface area contributed by atoms with Crippen LogP contribution in [0.2, 0.25) is 0 Å². The molecular weight excluding hydrogens is 323 g/mol. The van der Waals surface area contributed by atoms with Crippen molar-refractivity contribution in [3.8, 4) is 0 Å². The molecule has 126 valence electrons. The predicted molar refractivity (Wildman–Crippen MR) is 80.9 cm³/mol. The second-order valence-corrected chi connectivity index (χ2v) is 5.09. The summed E-state index contributed by atoms with van der Waals surface area (Å²) in [5.74, 6) is -5.61. The first kappa shape index (κ1) is 17.5. The Morgan fingerprint density at radius 1 is 1.12 bits per heavy atom. The molecule has 2 amide bonds. The van der Waals surface area contributed by atoms with Crippen molar-refractivity contribution in [2.24, 2.45) is 0 Å². The van der Waals surface area contributed by atoms with Crippen LogP contribution < -0.4 is 5.32 Å². The summed E-state index contributed by atoms with van der Waals surface area (Å²) in [6.07, 6.45) is 0. The first-order valence-electron chi connectivity index (χ1n) is 6.92. The maximum absolute atomic E-state index is 13.6. The van der Waals surface area contributed by atoms with E-state index in [1.165, 1.54) is 7.05 Å². The van der Waals surface area contributed by atoms with Crippen LogP contribution >= 0.6 is 0 Å². The lowest BCUT2D eigenvalue weighted by Gasteiger charge is -2.17. The maximum Gasteiger partial charge on any atom is 0.260 e. The van der Waals surface area contributed by atoms with Gasteiger partial charge in [0.05, 0.1) is 6.54 Å². The summed E-state index contributed by atoms with van der Waals surface area (Å²) in [6.45, 7) is 1.25. The molecular formula is C16H14F3N3O2. The van der Waals surface area contributed by atoms with E-state index in [-0.39, 0.29) is 5.82 Å². The van der Waals surface area contributed by atoms with E-state index in [2.05, 4.69) is 10.3 Å². The third-order valence-electron chi connectivity index (χ3n) is 3.14. The second-order valence-electron chi connectivity index (χ2n) is 5.09. The van der Waals surface area contributed by atoms with Crippen LogP contribution in [0.15, 0.2) is 30.3 Å². The molecule has 1 N–H and O–H groups in total. The molecule has 1 aromatic carbocycles. The number of nitrogens with one attached hydrogen (secondary N) is 1. The van der Waals surface area contributed by atoms with E-state index in [0.717, 1.165) is 4.90 Å². The number of carbonyl (C=O) groups excluding carboxylic acids is 2. The molecule has 8 heteroatoms. The third kappa shape index (κ3) is 3.89. The summed E-state index contributed by atoms with van der Waals surface area (Å²) < 4.78 is 40.4. The van der Waals surface area contributed by atoms with Gasteiger partial charge in [-0.25, -0.2) is 18.2 Å². The lowest BCUT2D eigenvalue weighted by atomic mass is 10.1. The number of benzene rings is 1. The Morgan fingerprint density at radius 3 is 2.46 bits per heavy atom. The average Bonchev–Trinajstić information content (AvgIpc) is 2.51. The van der Waals surface area contributed by atoms with Crippen molar-refractivity contribution in [1.82, 2.24) is 9.88 Å². The quantitative estimate of drug-likeness (QED) is 0.872. The largest absolute Gasteiger partial charge is 0.332 e. The van der Waals surface area contributed by atoms with E-state index in [0.29, 0.717) is 17.8 Å². The Morgan fingerprint density at radius 2 is 1.79 bits per heavy atom. The lowest BCUT2D eigenvalue weighted by molar-refractivity contribution is -0.116. The van der Waals surface area contributed by atoms with Crippen molar-refractivity contribution in [3.05, 3.63) is 59.0 Å². The maximum atomic E-state index is 13.6. The number of carbonyl (C=O) groups is 2. The minimum atomic E-state index is -1.59. The molecule has 0 aliphatic carbocycles. The number of likely N-dealkylation sites (N-methyl/N-ethyl adjacent to an activating group) is 1. The fourth-order valence-electron chi connectivity index (χ4n) is 2.00. The van der Waals surface area contributed by atoms with Gasteiger partial charge in [-0.05, 0) is 31.2 Å². The van der Waals surface area contributed by atoms with Crippen LogP contribution in [0, 0.1) is 24.4 Å². The Bertz CT molecular complexity index is 796. The molecule has 0 fully saturated rings. The number of aromatic nitrogens is 1. The Labute approximate surface area is 136 Å². The smallest absolute Gasteiger partial charge is 0.260 e. The van der Waals surface area contributed by atoms with E-state index < -0.39 is 41.4 Å². The highest BCUT2D eigenvalue weighted by Gasteiger charge is 2.24. The molecule has 0 aliphatic heterocycles. The standard InChI is InChI=1S/C16H14F3N3O2/c1-9-4-3-5-12(20-9)21-13(23)8-22(2)16(24)14-10(17)6-7-11(18)15(14)19/h3-7H,8H2,1-2H3,(H,20,21,23). The first-order valence-corrected chi connectivity index (χ1v) is 6.92. The van der Waals surface area contributed by atoms with E-state index in [1.54, 1.807) is 25.1 Å². The van der Waals surface area contributed by atoms with Gasteiger partial charge < -0.3 is 10.2 Å². The number of hydrogen-bond donors (Lipinski definition) is 1. The van der Waals surface area contributed by atoms with Gasteiger partial charge in [0.15, 0.2) is 11.6 Å². The van der Waals surface area contributed by atoms with E-state index in [9.17, 15) is 22.8 Å². The van der Waals surface area contributed by atoms with Gasteiger partial charge in [-0.2, -0.15) is 0 Å². The second kappa shape index (κ2) is 7.12. The number of nitrogens with zero attached hydrogens (tertiary/aromatic N) is 2. The van der Waals surface area contributed by atoms with E-state index >= 15 is 0 Å². The summed E-state index contributed by atoms with van der Waals surface area (Å²) >= 11 is 0. The minimum absolute atomic E-state index is 0.281. The van der Waals surface area contributed by atoms with E-state index in [4.69, 9.17) is 0 Å². The molecule has 0 aliphatic rings. The number of anilines is 1. The highest BCUT2D eigenvalue weighted by atomic mass is 19.2. The molecule has 0 saturated carbocycles. The van der Waals surface area contributed by atoms with Crippen LogP contribution in [-0.2, 0) is 4.79 Å². The Balaban J connectivity index is 2.09. The van der Waals surface area contributed by atoms with Crippen molar-refractivity contribution in [3.63, 3.8) is 0 Å². The van der Waals surface area contributed by atoms with Crippen molar-refractivity contribution < 1.29 is 22.8 Å². The SMILES string of the molecule is Cc1cccc(NC(=O)CN(C)C(=O)c2c(F)ccc(F)c2F)n1. The molecule has 0 spiro atoms. The third-order valence-corrected chi connectivity index (χ3v) is 3.14. The summed E-state index contributed by atoms with van der Waals surface area (Å²) in [5, 5.41) is 2.46. The van der Waals surface area contributed by atoms with Gasteiger partial charge in [-0.15, -0.1) is 0 Å². The number of halogens is 3. The van der Waals surface area contributed by atoms with Gasteiger partial charge in [-0.1, -0.05) is 6.07 Å². The van der Waals surface area contributed by atoms with Gasteiger partial charge in [0.2, 0.25) is 5.91 Å². The molecule has 24 heavy (non-hydrogen) atoms. The number of pyridine rings is 1. The van der Waals surface area contributed by atoms with Crippen molar-refractivity contribution in [2.75, 3.05) is 18.9 Å². The molecule has 0 radical (unpaired) electrons. The fraction of sp³-hybridized carbons (Fsp3) is 0.188. The zero-order valence-electron chi connectivity index (χ0n) is 12.9. The average molecular weight is 337 g/mol. The normalized spacial score (nSPS) is 10.4. The number of aryl methyl sites for hydroxylation is 1. The zero-order chi connectivity index (χ0) is 17.9. The molecule has 0 unspecified atom stereocenters. The van der Waals surface area contributed by atoms with Gasteiger partial charge in [0.25, 0.3) is 5.91 Å². The van der Waals surface area contributed by atoms with Gasteiger partial charge in [-0.3, -0.25) is 9.59 Å². The molecule has 0 atom stereocenters. The summed E-state index contributed by atoms with van der Waals surface area (Å²) in [6, 6.07) is 6.21. The van der Waals surface area contributed by atoms with Crippen molar-refractivity contribution >= 4 is 17.6 Å². The highest BCUT2D eigenvalue weighted by Crippen LogP contribution is 2.17. The predicted octanol–water partition coefficient (Wildman–Crippen LogP) is 2.52. The molecule has 0 bridgehead atoms. The van der Waals surface area contributed by atoms with Crippen molar-refractivity contribution in [2.45, 2.75) is 6.92 Å². The summed E-state index contributed by atoms with van der Waals surface area (Å²) in [7, 11) is 1.18. The molecule has 2 aromatic rings. The number of hydrogen-bond acceptors (Lipinski definition) is 3. The Hall–Kier alpha value is -2.90. The summed E-state index contributed by atoms with van der Waals surface area (Å²) in [4.78, 5) is 28.8. The topological polar surface area (TPSA) is 62.3 Å². The fourth-order valence-corrected chi connectivity index (χ4v) is 2.00. The van der Waals surface area contributed by atoms with Crippen LogP contribution in [0.5, 0.6) is 0 Å². The Kier molecular flexibility index (Phi) is 5.18. The number of rotatable bonds is 4. The van der Waals surface area contributed by atoms with Crippen molar-refractivity contribution in [1.29, 1.82) is 0 Å². The number of amides is 2. The monoisotopic (exact) mass is 337 g/mol. The first-order chi connectivity index (χ1) is 11.3. The van der Waals surface area contributed by atoms with Crippen LogP contribution in [0.4, 0.5) is 19.0 Å². The van der Waals surface area contributed by atoms with Crippen LogP contribution in [0.1, 0.15) is 16.1 Å². The minimum Gasteiger partial charge on any atom is -0.332 e. The molecule has 5 nitrogen and oxygen atoms in total. The van der Waals surface area contributed by atoms with Crippen LogP contribution in [0.25, 0.3) is 0 Å². The van der Waals surface area contributed by atoms with Crippen LogP contribution in [0.3, 0.4) is 0 Å². The zero-order valence-corrected chi connectivity index (χ0v) is 12.9. The van der Waals surface area contributed by atoms with Gasteiger partial charge >= 0.3 is 0 Å². The van der Waals surface area contributed by atoms with Crippen LogP contribution in [-0.4, -0.2) is 35.3 Å². The molecule has 1 heterocycles. The lowest BCUT2D eigenvalue weighted by Crippen LogP contribution is -2.36. The van der Waals surface area contributed by atoms with E-state index in [1.807, 2.05) is 0 Å².